The first-order valence-corrected chi connectivity index (χ1v) is 8.41. The van der Waals surface area contributed by atoms with Crippen molar-refractivity contribution in [3.8, 4) is 5.75 Å². The van der Waals surface area contributed by atoms with E-state index in [4.69, 9.17) is 4.74 Å². The summed E-state index contributed by atoms with van der Waals surface area (Å²) in [5.74, 6) is 0.851. The van der Waals surface area contributed by atoms with Crippen LogP contribution in [0.5, 0.6) is 5.75 Å². The fourth-order valence-corrected chi connectivity index (χ4v) is 3.12. The van der Waals surface area contributed by atoms with Crippen molar-refractivity contribution < 1.29 is 9.84 Å². The molecule has 0 saturated carbocycles. The number of hydrogen-bond acceptors (Lipinski definition) is 3. The van der Waals surface area contributed by atoms with E-state index in [2.05, 4.69) is 29.2 Å². The molecule has 0 radical (unpaired) electrons. The molecule has 0 amide bonds. The van der Waals surface area contributed by atoms with Gasteiger partial charge in [0, 0.05) is 18.8 Å². The fraction of sp³-hybridized carbons (Fsp3) is 0.400. The van der Waals surface area contributed by atoms with Crippen LogP contribution in [0.2, 0.25) is 0 Å². The van der Waals surface area contributed by atoms with Crippen molar-refractivity contribution in [3.63, 3.8) is 0 Å². The van der Waals surface area contributed by atoms with Crippen molar-refractivity contribution in [2.24, 2.45) is 0 Å². The van der Waals surface area contributed by atoms with Gasteiger partial charge >= 0.3 is 0 Å². The summed E-state index contributed by atoms with van der Waals surface area (Å²) in [6.45, 7) is 5.95. The smallest absolute Gasteiger partial charge is 0.119 e. The summed E-state index contributed by atoms with van der Waals surface area (Å²) in [6, 6.07) is 16.3. The molecule has 3 rings (SSSR count). The zero-order chi connectivity index (χ0) is 16.2. The highest BCUT2D eigenvalue weighted by atomic mass is 16.5. The van der Waals surface area contributed by atoms with Crippen molar-refractivity contribution >= 4 is 5.69 Å². The number of hydrogen-bond donors (Lipinski definition) is 1. The lowest BCUT2D eigenvalue weighted by atomic mass is 10.1. The van der Waals surface area contributed by atoms with Gasteiger partial charge < -0.3 is 14.7 Å². The molecule has 0 bridgehead atoms. The SMILES string of the molecule is CC(C)Oc1ccc(C(O)CCN2CCc3ccccc32)cc1. The summed E-state index contributed by atoms with van der Waals surface area (Å²) in [7, 11) is 0. The third kappa shape index (κ3) is 3.85. The van der Waals surface area contributed by atoms with Crippen molar-refractivity contribution in [2.45, 2.75) is 38.9 Å². The van der Waals surface area contributed by atoms with E-state index in [9.17, 15) is 5.11 Å². The molecule has 0 saturated heterocycles. The zero-order valence-electron chi connectivity index (χ0n) is 13.9. The van der Waals surface area contributed by atoms with Crippen LogP contribution in [0.3, 0.4) is 0 Å². The minimum Gasteiger partial charge on any atom is -0.491 e. The Bertz CT molecular complexity index is 636. The Labute approximate surface area is 138 Å². The summed E-state index contributed by atoms with van der Waals surface area (Å²) in [5, 5.41) is 10.4. The van der Waals surface area contributed by atoms with Crippen LogP contribution < -0.4 is 9.64 Å². The highest BCUT2D eigenvalue weighted by Crippen LogP contribution is 2.29. The number of anilines is 1. The molecule has 3 heteroatoms. The van der Waals surface area contributed by atoms with Crippen molar-refractivity contribution in [1.82, 2.24) is 0 Å². The van der Waals surface area contributed by atoms with Gasteiger partial charge in [0.05, 0.1) is 12.2 Å². The maximum Gasteiger partial charge on any atom is 0.119 e. The van der Waals surface area contributed by atoms with Crippen LogP contribution >= 0.6 is 0 Å². The molecule has 0 spiro atoms. The van der Waals surface area contributed by atoms with E-state index < -0.39 is 6.10 Å². The molecule has 1 N–H and O–H groups in total. The lowest BCUT2D eigenvalue weighted by Crippen LogP contribution is -2.23. The van der Waals surface area contributed by atoms with Crippen LogP contribution in [0.25, 0.3) is 0 Å². The molecular formula is C20H25NO2. The van der Waals surface area contributed by atoms with E-state index in [1.54, 1.807) is 0 Å². The molecule has 1 unspecified atom stereocenters. The first-order valence-electron chi connectivity index (χ1n) is 8.41. The van der Waals surface area contributed by atoms with Gasteiger partial charge in [0.1, 0.15) is 5.75 Å². The Kier molecular flexibility index (Phi) is 4.87. The number of nitrogens with zero attached hydrogens (tertiary/aromatic N) is 1. The van der Waals surface area contributed by atoms with Crippen LogP contribution in [-0.4, -0.2) is 24.3 Å². The average molecular weight is 311 g/mol. The predicted octanol–water partition coefficient (Wildman–Crippen LogP) is 3.96. The molecule has 122 valence electrons. The van der Waals surface area contributed by atoms with Crippen LogP contribution in [0, 0.1) is 0 Å². The third-order valence-electron chi connectivity index (χ3n) is 4.29. The van der Waals surface area contributed by atoms with E-state index in [1.807, 2.05) is 38.1 Å². The molecule has 23 heavy (non-hydrogen) atoms. The molecule has 1 aliphatic rings. The number of rotatable bonds is 6. The van der Waals surface area contributed by atoms with Gasteiger partial charge in [-0.25, -0.2) is 0 Å². The van der Waals surface area contributed by atoms with E-state index in [0.29, 0.717) is 0 Å². The number of benzene rings is 2. The summed E-state index contributed by atoms with van der Waals surface area (Å²) in [4.78, 5) is 2.37. The van der Waals surface area contributed by atoms with Crippen molar-refractivity contribution in [3.05, 3.63) is 59.7 Å². The lowest BCUT2D eigenvalue weighted by molar-refractivity contribution is 0.169. The maximum atomic E-state index is 10.4. The molecular weight excluding hydrogens is 286 g/mol. The van der Waals surface area contributed by atoms with E-state index in [-0.39, 0.29) is 6.10 Å². The van der Waals surface area contributed by atoms with Crippen LogP contribution in [0.4, 0.5) is 5.69 Å². The van der Waals surface area contributed by atoms with E-state index in [1.165, 1.54) is 11.3 Å². The largest absolute Gasteiger partial charge is 0.491 e. The molecule has 0 aliphatic carbocycles. The monoisotopic (exact) mass is 311 g/mol. The van der Waals surface area contributed by atoms with Crippen LogP contribution in [-0.2, 0) is 6.42 Å². The Morgan fingerprint density at radius 3 is 2.57 bits per heavy atom. The Balaban J connectivity index is 1.56. The highest BCUT2D eigenvalue weighted by molar-refractivity contribution is 5.57. The Morgan fingerprint density at radius 2 is 1.83 bits per heavy atom. The van der Waals surface area contributed by atoms with Gasteiger partial charge in [-0.15, -0.1) is 0 Å². The number of para-hydroxylation sites is 1. The quantitative estimate of drug-likeness (QED) is 0.876. The summed E-state index contributed by atoms with van der Waals surface area (Å²) < 4.78 is 5.64. The fourth-order valence-electron chi connectivity index (χ4n) is 3.12. The van der Waals surface area contributed by atoms with Gasteiger partial charge in [0.25, 0.3) is 0 Å². The van der Waals surface area contributed by atoms with Gasteiger partial charge in [0.15, 0.2) is 0 Å². The Morgan fingerprint density at radius 1 is 1.09 bits per heavy atom. The van der Waals surface area contributed by atoms with Gasteiger partial charge in [-0.1, -0.05) is 30.3 Å². The third-order valence-corrected chi connectivity index (χ3v) is 4.29. The molecule has 1 aliphatic heterocycles. The first-order chi connectivity index (χ1) is 11.1. The molecule has 1 heterocycles. The minimum absolute atomic E-state index is 0.168. The van der Waals surface area contributed by atoms with Crippen molar-refractivity contribution in [1.29, 1.82) is 0 Å². The van der Waals surface area contributed by atoms with Gasteiger partial charge in [-0.3, -0.25) is 0 Å². The van der Waals surface area contributed by atoms with E-state index in [0.717, 1.165) is 37.2 Å². The number of aliphatic hydroxyl groups is 1. The van der Waals surface area contributed by atoms with Crippen LogP contribution in [0.1, 0.15) is 37.5 Å². The minimum atomic E-state index is -0.434. The Hall–Kier alpha value is -2.00. The van der Waals surface area contributed by atoms with Gasteiger partial charge in [-0.2, -0.15) is 0 Å². The molecule has 0 aromatic heterocycles. The zero-order valence-corrected chi connectivity index (χ0v) is 13.9. The van der Waals surface area contributed by atoms with Gasteiger partial charge in [0.2, 0.25) is 0 Å². The van der Waals surface area contributed by atoms with E-state index >= 15 is 0 Å². The highest BCUT2D eigenvalue weighted by Gasteiger charge is 2.19. The predicted molar refractivity (Wildman–Crippen MR) is 94.1 cm³/mol. The normalized spacial score (nSPS) is 14.9. The van der Waals surface area contributed by atoms with Crippen molar-refractivity contribution in [2.75, 3.05) is 18.0 Å². The summed E-state index contributed by atoms with van der Waals surface area (Å²) >= 11 is 0. The second-order valence-electron chi connectivity index (χ2n) is 6.41. The summed E-state index contributed by atoms with van der Waals surface area (Å²) in [6.07, 6.45) is 1.57. The molecule has 3 nitrogen and oxygen atoms in total. The first kappa shape index (κ1) is 15.9. The topological polar surface area (TPSA) is 32.7 Å². The van der Waals surface area contributed by atoms with Gasteiger partial charge in [-0.05, 0) is 56.0 Å². The molecule has 1 atom stereocenters. The number of ether oxygens (including phenoxy) is 1. The lowest BCUT2D eigenvalue weighted by Gasteiger charge is -2.21. The second-order valence-corrected chi connectivity index (χ2v) is 6.41. The molecule has 0 fully saturated rings. The maximum absolute atomic E-state index is 10.4. The standard InChI is InChI=1S/C20H25NO2/c1-15(2)23-18-9-7-17(8-10-18)20(22)12-14-21-13-11-16-5-3-4-6-19(16)21/h3-10,15,20,22H,11-14H2,1-2H3. The summed E-state index contributed by atoms with van der Waals surface area (Å²) in [5.41, 5.74) is 3.69. The molecule has 2 aromatic carbocycles. The van der Waals surface area contributed by atoms with Crippen LogP contribution in [0.15, 0.2) is 48.5 Å². The average Bonchev–Trinajstić information content (AvgIpc) is 2.96. The second kappa shape index (κ2) is 7.05. The molecule has 2 aromatic rings. The number of fused-ring (bicyclic) bond motifs is 1. The number of aliphatic hydroxyl groups excluding tert-OH is 1.